The van der Waals surface area contributed by atoms with Crippen LogP contribution in [0.5, 0.6) is 5.75 Å². The molecule has 3 N–H and O–H groups in total. The second kappa shape index (κ2) is 8.47. The van der Waals surface area contributed by atoms with Crippen LogP contribution in [-0.4, -0.2) is 41.9 Å². The Morgan fingerprint density at radius 2 is 1.81 bits per heavy atom. The number of carbonyl (C=O) groups is 4. The van der Waals surface area contributed by atoms with Gasteiger partial charge in [0.25, 0.3) is 5.91 Å². The zero-order valence-electron chi connectivity index (χ0n) is 16.7. The minimum atomic E-state index is -1.19. The first kappa shape index (κ1) is 20.4. The van der Waals surface area contributed by atoms with Crippen molar-refractivity contribution in [2.45, 2.75) is 24.9 Å². The van der Waals surface area contributed by atoms with E-state index in [1.165, 1.54) is 0 Å². The molecular weight excluding hydrogens is 400 g/mol. The third kappa shape index (κ3) is 4.07. The van der Waals surface area contributed by atoms with Gasteiger partial charge in [-0.2, -0.15) is 0 Å². The van der Waals surface area contributed by atoms with Crippen molar-refractivity contribution >= 4 is 23.9 Å². The summed E-state index contributed by atoms with van der Waals surface area (Å²) in [6.07, 6.45) is 0.116. The first-order valence-electron chi connectivity index (χ1n) is 9.97. The Kier molecular flexibility index (Phi) is 5.57. The third-order valence-electron chi connectivity index (χ3n) is 5.37. The van der Waals surface area contributed by atoms with Crippen molar-refractivity contribution in [3.05, 3.63) is 65.7 Å². The van der Waals surface area contributed by atoms with Crippen molar-refractivity contribution < 1.29 is 23.9 Å². The molecule has 6 amide bonds. The predicted octanol–water partition coefficient (Wildman–Crippen LogP) is 1.63. The number of urea groups is 2. The number of nitrogens with zero attached hydrogens (tertiary/aromatic N) is 1. The summed E-state index contributed by atoms with van der Waals surface area (Å²) >= 11 is 0. The lowest BCUT2D eigenvalue weighted by molar-refractivity contribution is -0.133. The average molecular weight is 422 g/mol. The molecule has 4 rings (SSSR count). The van der Waals surface area contributed by atoms with Gasteiger partial charge in [0.2, 0.25) is 5.91 Å². The van der Waals surface area contributed by atoms with Gasteiger partial charge in [0.15, 0.2) is 5.54 Å². The normalized spacial score (nSPS) is 19.4. The molecule has 1 atom stereocenters. The molecule has 2 aromatic rings. The lowest BCUT2D eigenvalue weighted by atomic mass is 9.84. The summed E-state index contributed by atoms with van der Waals surface area (Å²) < 4.78 is 5.60. The number of nitrogens with one attached hydrogen (secondary N) is 3. The van der Waals surface area contributed by atoms with E-state index in [0.717, 1.165) is 10.5 Å². The van der Waals surface area contributed by atoms with Crippen molar-refractivity contribution in [2.24, 2.45) is 0 Å². The maximum atomic E-state index is 13.1. The van der Waals surface area contributed by atoms with Gasteiger partial charge in [-0.1, -0.05) is 48.5 Å². The van der Waals surface area contributed by atoms with Crippen LogP contribution in [0.25, 0.3) is 0 Å². The van der Waals surface area contributed by atoms with Crippen LogP contribution < -0.4 is 20.7 Å². The lowest BCUT2D eigenvalue weighted by Gasteiger charge is -2.33. The highest BCUT2D eigenvalue weighted by molar-refractivity contribution is 6.08. The summed E-state index contributed by atoms with van der Waals surface area (Å²) in [6, 6.07) is 15.1. The molecule has 0 saturated carbocycles. The van der Waals surface area contributed by atoms with E-state index >= 15 is 0 Å². The predicted molar refractivity (Wildman–Crippen MR) is 110 cm³/mol. The second-order valence-electron chi connectivity index (χ2n) is 7.35. The minimum Gasteiger partial charge on any atom is -0.493 e. The van der Waals surface area contributed by atoms with Crippen LogP contribution in [0.15, 0.2) is 54.6 Å². The molecule has 2 heterocycles. The second-order valence-corrected chi connectivity index (χ2v) is 7.35. The quantitative estimate of drug-likeness (QED) is 0.634. The Labute approximate surface area is 178 Å². The molecule has 1 fully saturated rings. The molecule has 1 saturated heterocycles. The zero-order chi connectivity index (χ0) is 21.8. The van der Waals surface area contributed by atoms with Gasteiger partial charge >= 0.3 is 12.1 Å². The number of rotatable bonds is 5. The number of imide groups is 2. The summed E-state index contributed by atoms with van der Waals surface area (Å²) in [5.41, 5.74) is 0.313. The zero-order valence-corrected chi connectivity index (χ0v) is 16.7. The van der Waals surface area contributed by atoms with E-state index in [0.29, 0.717) is 24.3 Å². The summed E-state index contributed by atoms with van der Waals surface area (Å²) in [5.74, 6) is -0.453. The summed E-state index contributed by atoms with van der Waals surface area (Å²) in [5, 5.41) is 7.57. The number of para-hydroxylation sites is 1. The first-order valence-corrected chi connectivity index (χ1v) is 9.97. The number of ether oxygens (including phenoxy) is 1. The molecule has 2 aliphatic heterocycles. The van der Waals surface area contributed by atoms with Gasteiger partial charge in [0.1, 0.15) is 5.75 Å². The minimum absolute atomic E-state index is 0.132. The Balaban J connectivity index is 1.33. The van der Waals surface area contributed by atoms with E-state index < -0.39 is 29.4 Å². The fraction of sp³-hybridized carbons (Fsp3) is 0.273. The van der Waals surface area contributed by atoms with Crippen molar-refractivity contribution in [3.63, 3.8) is 0 Å². The Hall–Kier alpha value is -3.88. The lowest BCUT2D eigenvalue weighted by Crippen LogP contribution is -2.47. The number of hydrogen-bond donors (Lipinski definition) is 3. The molecule has 9 nitrogen and oxygen atoms in total. The maximum Gasteiger partial charge on any atom is 0.325 e. The van der Waals surface area contributed by atoms with Crippen LogP contribution in [0.4, 0.5) is 9.59 Å². The van der Waals surface area contributed by atoms with Gasteiger partial charge < -0.3 is 15.4 Å². The highest BCUT2D eigenvalue weighted by Crippen LogP contribution is 2.40. The van der Waals surface area contributed by atoms with Crippen LogP contribution >= 0.6 is 0 Å². The summed E-state index contributed by atoms with van der Waals surface area (Å²) in [4.78, 5) is 50.7. The Bertz CT molecular complexity index is 1030. The van der Waals surface area contributed by atoms with Gasteiger partial charge in [-0.15, -0.1) is 0 Å². The summed E-state index contributed by atoms with van der Waals surface area (Å²) in [7, 11) is 0. The number of hydrogen-bond acceptors (Lipinski definition) is 5. The van der Waals surface area contributed by atoms with E-state index in [9.17, 15) is 19.2 Å². The van der Waals surface area contributed by atoms with Crippen LogP contribution in [0, 0.1) is 0 Å². The van der Waals surface area contributed by atoms with Gasteiger partial charge in [0, 0.05) is 31.5 Å². The molecule has 0 radical (unpaired) electrons. The average Bonchev–Trinajstić information content (AvgIpc) is 3.01. The molecule has 2 aliphatic rings. The van der Waals surface area contributed by atoms with Crippen LogP contribution in [-0.2, 0) is 21.7 Å². The van der Waals surface area contributed by atoms with E-state index in [1.807, 2.05) is 30.3 Å². The first-order chi connectivity index (χ1) is 15.0. The summed E-state index contributed by atoms with van der Waals surface area (Å²) in [6.45, 7) is 0.434. The van der Waals surface area contributed by atoms with E-state index in [2.05, 4.69) is 16.0 Å². The van der Waals surface area contributed by atoms with Crippen molar-refractivity contribution in [1.82, 2.24) is 20.9 Å². The molecule has 0 aliphatic carbocycles. The van der Waals surface area contributed by atoms with Gasteiger partial charge in [-0.3, -0.25) is 19.8 Å². The standard InChI is InChI=1S/C22H22N4O5/c27-18(24-20(29)23-14-15-6-2-1-3-7-15)10-12-26-19(28)22(25-21(26)30)11-13-31-17-9-5-4-8-16(17)22/h1-9H,10-14H2,(H,25,30)(H2,23,24,27,29)/t22-/m1/s1. The molecule has 1 spiro atoms. The number of amides is 6. The monoisotopic (exact) mass is 422 g/mol. The van der Waals surface area contributed by atoms with Crippen LogP contribution in [0.3, 0.4) is 0 Å². The highest BCUT2D eigenvalue weighted by atomic mass is 16.5. The van der Waals surface area contributed by atoms with Gasteiger partial charge in [-0.25, -0.2) is 9.59 Å². The Morgan fingerprint density at radius 1 is 1.06 bits per heavy atom. The largest absolute Gasteiger partial charge is 0.493 e. The molecular formula is C22H22N4O5. The topological polar surface area (TPSA) is 117 Å². The number of carbonyl (C=O) groups excluding carboxylic acids is 4. The smallest absolute Gasteiger partial charge is 0.325 e. The molecule has 0 bridgehead atoms. The molecule has 9 heteroatoms. The highest BCUT2D eigenvalue weighted by Gasteiger charge is 2.54. The molecule has 160 valence electrons. The van der Waals surface area contributed by atoms with Gasteiger partial charge in [-0.05, 0) is 11.6 Å². The fourth-order valence-electron chi connectivity index (χ4n) is 3.80. The number of fused-ring (bicyclic) bond motifs is 2. The fourth-order valence-corrected chi connectivity index (χ4v) is 3.80. The van der Waals surface area contributed by atoms with Gasteiger partial charge in [0.05, 0.1) is 6.61 Å². The molecule has 31 heavy (non-hydrogen) atoms. The van der Waals surface area contributed by atoms with Crippen molar-refractivity contribution in [3.8, 4) is 5.75 Å². The van der Waals surface area contributed by atoms with Crippen LogP contribution in [0.2, 0.25) is 0 Å². The van der Waals surface area contributed by atoms with Crippen molar-refractivity contribution in [2.75, 3.05) is 13.2 Å². The van der Waals surface area contributed by atoms with E-state index in [1.54, 1.807) is 24.3 Å². The van der Waals surface area contributed by atoms with Crippen LogP contribution in [0.1, 0.15) is 24.0 Å². The maximum absolute atomic E-state index is 13.1. The van der Waals surface area contributed by atoms with Crippen molar-refractivity contribution in [1.29, 1.82) is 0 Å². The molecule has 0 unspecified atom stereocenters. The molecule has 0 aromatic heterocycles. The van der Waals surface area contributed by atoms with E-state index in [-0.39, 0.29) is 19.5 Å². The Morgan fingerprint density at radius 3 is 2.61 bits per heavy atom. The number of benzene rings is 2. The van der Waals surface area contributed by atoms with E-state index in [4.69, 9.17) is 4.74 Å². The third-order valence-corrected chi connectivity index (χ3v) is 5.37. The molecule has 2 aromatic carbocycles. The SMILES string of the molecule is O=C(CCN1C(=O)N[C@@]2(CCOc3ccccc32)C1=O)NC(=O)NCc1ccccc1.